The fourth-order valence-corrected chi connectivity index (χ4v) is 3.23. The fraction of sp³-hybridized carbons (Fsp3) is 0.200. The molecule has 3 nitrogen and oxygen atoms in total. The van der Waals surface area contributed by atoms with E-state index in [1.165, 1.54) is 0 Å². The van der Waals surface area contributed by atoms with E-state index in [0.29, 0.717) is 5.02 Å². The van der Waals surface area contributed by atoms with Gasteiger partial charge in [-0.05, 0) is 38.9 Å². The number of benzene rings is 1. The average molecular weight is 272 g/mol. The van der Waals surface area contributed by atoms with Crippen molar-refractivity contribution in [2.24, 2.45) is 4.99 Å². The molecule has 0 saturated heterocycles. The van der Waals surface area contributed by atoms with Gasteiger partial charge in [-0.25, -0.2) is 4.99 Å². The van der Waals surface area contributed by atoms with Crippen LogP contribution in [0.3, 0.4) is 0 Å². The van der Waals surface area contributed by atoms with Gasteiger partial charge in [0.05, 0.1) is 5.69 Å². The molecule has 0 aliphatic rings. The molecule has 0 unspecified atom stereocenters. The Morgan fingerprint density at radius 2 is 2.12 bits per heavy atom. The molecule has 0 atom stereocenters. The van der Waals surface area contributed by atoms with Crippen molar-refractivity contribution in [3.8, 4) is 0 Å². The first-order chi connectivity index (χ1) is 7.65. The average Bonchev–Trinajstić information content (AvgIpc) is 2.66. The molecule has 2 aromatic rings. The van der Waals surface area contributed by atoms with E-state index in [1.807, 2.05) is 43.3 Å². The Balaban J connectivity index is 2.36. The topological polar surface area (TPSA) is 28.5 Å². The van der Waals surface area contributed by atoms with Crippen molar-refractivity contribution in [3.63, 3.8) is 0 Å². The monoisotopic (exact) mass is 271 g/mol. The third-order valence-corrected chi connectivity index (χ3v) is 4.20. The van der Waals surface area contributed by atoms with E-state index in [-0.39, 0.29) is 0 Å². The van der Waals surface area contributed by atoms with Crippen LogP contribution in [0.1, 0.15) is 0 Å². The standard InChI is InChI=1S/C10H10ClN3S2/c1-14(2)10-13-9(15-16-10)12-8-5-3-4-7(11)6-8/h3-6H,1-2H3/b12-9+. The minimum atomic E-state index is 0.689. The summed E-state index contributed by atoms with van der Waals surface area (Å²) in [5, 5.41) is 1.65. The quantitative estimate of drug-likeness (QED) is 0.785. The van der Waals surface area contributed by atoms with Crippen molar-refractivity contribution < 1.29 is 0 Å². The van der Waals surface area contributed by atoms with Gasteiger partial charge in [0.25, 0.3) is 0 Å². The lowest BCUT2D eigenvalue weighted by atomic mass is 10.3. The second-order valence-electron chi connectivity index (χ2n) is 3.33. The highest BCUT2D eigenvalue weighted by atomic mass is 35.5. The molecule has 2 rings (SSSR count). The molecule has 0 radical (unpaired) electrons. The van der Waals surface area contributed by atoms with Gasteiger partial charge in [-0.15, -0.1) is 0 Å². The summed E-state index contributed by atoms with van der Waals surface area (Å²) in [6.07, 6.45) is 0. The van der Waals surface area contributed by atoms with E-state index in [4.69, 9.17) is 11.6 Å². The number of rotatable bonds is 2. The third kappa shape index (κ3) is 2.81. The molecule has 0 aliphatic carbocycles. The number of aromatic nitrogens is 1. The zero-order chi connectivity index (χ0) is 11.5. The molecule has 1 aromatic carbocycles. The molecule has 84 valence electrons. The van der Waals surface area contributed by atoms with Gasteiger partial charge in [-0.2, -0.15) is 4.98 Å². The van der Waals surface area contributed by atoms with Crippen molar-refractivity contribution in [2.45, 2.75) is 0 Å². The Hall–Kier alpha value is -0.910. The van der Waals surface area contributed by atoms with Gasteiger partial charge in [-0.3, -0.25) is 0 Å². The van der Waals surface area contributed by atoms with Crippen molar-refractivity contribution in [1.29, 1.82) is 0 Å². The first-order valence-corrected chi connectivity index (χ1v) is 7.13. The van der Waals surface area contributed by atoms with Gasteiger partial charge in [0.1, 0.15) is 0 Å². The van der Waals surface area contributed by atoms with Crippen LogP contribution in [0.5, 0.6) is 0 Å². The van der Waals surface area contributed by atoms with Crippen LogP contribution in [0.15, 0.2) is 29.3 Å². The van der Waals surface area contributed by atoms with Gasteiger partial charge in [0, 0.05) is 19.1 Å². The van der Waals surface area contributed by atoms with Gasteiger partial charge >= 0.3 is 0 Å². The number of hydrogen-bond acceptors (Lipinski definition) is 5. The maximum Gasteiger partial charge on any atom is 0.222 e. The normalized spacial score (nSPS) is 11.8. The summed E-state index contributed by atoms with van der Waals surface area (Å²) in [7, 11) is 7.10. The van der Waals surface area contributed by atoms with Crippen LogP contribution in [0, 0.1) is 0 Å². The van der Waals surface area contributed by atoms with Crippen molar-refractivity contribution in [3.05, 3.63) is 34.1 Å². The fourth-order valence-electron chi connectivity index (χ4n) is 1.07. The highest BCUT2D eigenvalue weighted by molar-refractivity contribution is 7.69. The summed E-state index contributed by atoms with van der Waals surface area (Å²) in [5.41, 5.74) is 0.833. The molecule has 6 heteroatoms. The number of nitrogens with zero attached hydrogens (tertiary/aromatic N) is 3. The molecule has 0 amide bonds. The lowest BCUT2D eigenvalue weighted by Gasteiger charge is -2.03. The molecule has 0 bridgehead atoms. The molecule has 16 heavy (non-hydrogen) atoms. The van der Waals surface area contributed by atoms with Crippen LogP contribution in [0.4, 0.5) is 10.8 Å². The van der Waals surface area contributed by atoms with Crippen molar-refractivity contribution in [2.75, 3.05) is 19.0 Å². The van der Waals surface area contributed by atoms with E-state index < -0.39 is 0 Å². The van der Waals surface area contributed by atoms with Crippen LogP contribution in [0.2, 0.25) is 5.02 Å². The molecule has 1 aromatic heterocycles. The van der Waals surface area contributed by atoms with Gasteiger partial charge in [-0.1, -0.05) is 17.7 Å². The summed E-state index contributed by atoms with van der Waals surface area (Å²) >= 11 is 5.88. The third-order valence-electron chi connectivity index (χ3n) is 1.80. The second kappa shape index (κ2) is 4.95. The largest absolute Gasteiger partial charge is 0.353 e. The van der Waals surface area contributed by atoms with Crippen LogP contribution in [-0.2, 0) is 0 Å². The lowest BCUT2D eigenvalue weighted by Crippen LogP contribution is -2.10. The SMILES string of the molecule is CN(C)c1n/c(=N\c2cccc(Cl)c2)ss1. The van der Waals surface area contributed by atoms with Crippen LogP contribution >= 0.6 is 32.3 Å². The van der Waals surface area contributed by atoms with Gasteiger partial charge < -0.3 is 4.90 Å². The van der Waals surface area contributed by atoms with Crippen LogP contribution in [-0.4, -0.2) is 19.1 Å². The number of anilines is 1. The van der Waals surface area contributed by atoms with E-state index >= 15 is 0 Å². The van der Waals surface area contributed by atoms with Gasteiger partial charge in [0.2, 0.25) is 4.80 Å². The van der Waals surface area contributed by atoms with E-state index in [0.717, 1.165) is 15.6 Å². The van der Waals surface area contributed by atoms with Crippen molar-refractivity contribution in [1.82, 2.24) is 4.98 Å². The Morgan fingerprint density at radius 3 is 2.75 bits per heavy atom. The summed E-state index contributed by atoms with van der Waals surface area (Å²) in [6, 6.07) is 7.44. The maximum absolute atomic E-state index is 5.88. The number of hydrogen-bond donors (Lipinski definition) is 0. The first kappa shape index (κ1) is 11.6. The smallest absolute Gasteiger partial charge is 0.222 e. The summed E-state index contributed by atoms with van der Waals surface area (Å²) in [4.78, 5) is 11.5. The van der Waals surface area contributed by atoms with E-state index in [1.54, 1.807) is 20.7 Å². The zero-order valence-electron chi connectivity index (χ0n) is 8.85. The molecule has 1 heterocycles. The molecule has 0 fully saturated rings. The summed E-state index contributed by atoms with van der Waals surface area (Å²) in [5.74, 6) is 0. The van der Waals surface area contributed by atoms with Crippen LogP contribution < -0.4 is 9.70 Å². The molecular weight excluding hydrogens is 262 g/mol. The van der Waals surface area contributed by atoms with Crippen molar-refractivity contribution >= 4 is 43.1 Å². The minimum absolute atomic E-state index is 0.689. The lowest BCUT2D eigenvalue weighted by molar-refractivity contribution is 1.08. The Kier molecular flexibility index (Phi) is 3.58. The second-order valence-corrected chi connectivity index (χ2v) is 5.83. The molecule has 0 saturated carbocycles. The number of halogens is 1. The summed E-state index contributed by atoms with van der Waals surface area (Å²) < 4.78 is 0. The summed E-state index contributed by atoms with van der Waals surface area (Å²) in [6.45, 7) is 0. The van der Waals surface area contributed by atoms with E-state index in [2.05, 4.69) is 9.98 Å². The molecular formula is C10H10ClN3S2. The zero-order valence-corrected chi connectivity index (χ0v) is 11.2. The predicted molar refractivity (Wildman–Crippen MR) is 71.0 cm³/mol. The molecule has 0 spiro atoms. The van der Waals surface area contributed by atoms with Crippen LogP contribution in [0.25, 0.3) is 0 Å². The van der Waals surface area contributed by atoms with E-state index in [9.17, 15) is 0 Å². The predicted octanol–water partition coefficient (Wildman–Crippen LogP) is 3.16. The Labute approximate surface area is 106 Å². The Bertz CT molecular complexity index is 545. The minimum Gasteiger partial charge on any atom is -0.353 e. The Morgan fingerprint density at radius 1 is 1.31 bits per heavy atom. The molecule has 0 N–H and O–H groups in total. The first-order valence-electron chi connectivity index (χ1n) is 4.60. The highest BCUT2D eigenvalue weighted by Crippen LogP contribution is 2.19. The van der Waals surface area contributed by atoms with Gasteiger partial charge in [0.15, 0.2) is 5.13 Å². The maximum atomic E-state index is 5.88. The molecule has 0 aliphatic heterocycles. The highest BCUT2D eigenvalue weighted by Gasteiger charge is 2.00.